The van der Waals surface area contributed by atoms with Crippen LogP contribution < -0.4 is 5.73 Å². The van der Waals surface area contributed by atoms with Crippen molar-refractivity contribution < 1.29 is 0 Å². The summed E-state index contributed by atoms with van der Waals surface area (Å²) < 4.78 is 1.27. The van der Waals surface area contributed by atoms with Gasteiger partial charge < -0.3 is 5.73 Å². The molecule has 1 atom stereocenters. The molecule has 0 spiro atoms. The summed E-state index contributed by atoms with van der Waals surface area (Å²) in [6, 6.07) is 8.57. The minimum absolute atomic E-state index is 0.242. The number of fused-ring (bicyclic) bond motifs is 1. The molecule has 2 N–H and O–H groups in total. The lowest BCUT2D eigenvalue weighted by Gasteiger charge is -2.13. The molecule has 1 heterocycles. The molecule has 1 fully saturated rings. The van der Waals surface area contributed by atoms with Gasteiger partial charge in [-0.05, 0) is 25.0 Å². The Morgan fingerprint density at radius 2 is 2.11 bits per heavy atom. The Hall–Kier alpha value is -0.580. The molecule has 0 bridgehead atoms. The van der Waals surface area contributed by atoms with E-state index in [4.69, 9.17) is 5.73 Å². The summed E-state index contributed by atoms with van der Waals surface area (Å²) in [4.78, 5) is 4.66. The Labute approximate surface area is 122 Å². The lowest BCUT2D eigenvalue weighted by atomic mass is 10.2. The Bertz CT molecular complexity index is 499. The number of nitrogens with two attached hydrogens (primary N) is 1. The summed E-state index contributed by atoms with van der Waals surface area (Å²) >= 11 is 3.85. The van der Waals surface area contributed by atoms with Gasteiger partial charge >= 0.3 is 0 Å². The van der Waals surface area contributed by atoms with Crippen molar-refractivity contribution in [3.05, 3.63) is 29.3 Å². The fourth-order valence-corrected chi connectivity index (χ4v) is 4.97. The van der Waals surface area contributed by atoms with Crippen LogP contribution in [0.4, 0.5) is 0 Å². The summed E-state index contributed by atoms with van der Waals surface area (Å²) in [5.41, 5.74) is 7.36. The van der Waals surface area contributed by atoms with Gasteiger partial charge in [0.25, 0.3) is 0 Å². The highest BCUT2D eigenvalue weighted by molar-refractivity contribution is 7.99. The third-order valence-electron chi connectivity index (χ3n) is 3.62. The predicted molar refractivity (Wildman–Crippen MR) is 86.0 cm³/mol. The molecule has 0 aliphatic heterocycles. The van der Waals surface area contributed by atoms with Gasteiger partial charge in [-0.1, -0.05) is 25.0 Å². The molecular formula is C15H20N2S2. The van der Waals surface area contributed by atoms with E-state index < -0.39 is 0 Å². The first kappa shape index (κ1) is 13.4. The maximum absolute atomic E-state index is 6.25. The zero-order valence-corrected chi connectivity index (χ0v) is 12.7. The van der Waals surface area contributed by atoms with Crippen LogP contribution in [0.15, 0.2) is 24.3 Å². The average molecular weight is 292 g/mol. The van der Waals surface area contributed by atoms with Crippen LogP contribution in [0, 0.1) is 0 Å². The second kappa shape index (κ2) is 6.25. The molecule has 2 nitrogen and oxygen atoms in total. The highest BCUT2D eigenvalue weighted by atomic mass is 32.2. The molecule has 1 aliphatic rings. The summed E-state index contributed by atoms with van der Waals surface area (Å²) in [7, 11) is 0. The first-order chi connectivity index (χ1) is 9.31. The number of thiazole rings is 1. The normalized spacial score (nSPS) is 18.2. The molecule has 102 valence electrons. The molecule has 2 aromatic rings. The van der Waals surface area contributed by atoms with Crippen molar-refractivity contribution in [3.63, 3.8) is 0 Å². The Morgan fingerprint density at radius 1 is 1.32 bits per heavy atom. The van der Waals surface area contributed by atoms with E-state index in [9.17, 15) is 0 Å². The first-order valence-corrected chi connectivity index (χ1v) is 8.89. The summed E-state index contributed by atoms with van der Waals surface area (Å²) in [5.74, 6) is 1.07. The number of para-hydroxylation sites is 1. The van der Waals surface area contributed by atoms with Gasteiger partial charge in [0, 0.05) is 23.5 Å². The SMILES string of the molecule is NC(CSC1CCCC1)Cc1nc2ccccc2s1. The molecule has 4 heteroatoms. The van der Waals surface area contributed by atoms with E-state index in [1.54, 1.807) is 11.3 Å². The summed E-state index contributed by atoms with van der Waals surface area (Å²) in [6.07, 6.45) is 6.51. The third kappa shape index (κ3) is 3.50. The van der Waals surface area contributed by atoms with Crippen molar-refractivity contribution in [2.75, 3.05) is 5.75 Å². The van der Waals surface area contributed by atoms with E-state index in [-0.39, 0.29) is 6.04 Å². The average Bonchev–Trinajstić information content (AvgIpc) is 3.04. The van der Waals surface area contributed by atoms with E-state index >= 15 is 0 Å². The highest BCUT2D eigenvalue weighted by Gasteiger charge is 2.17. The van der Waals surface area contributed by atoms with Gasteiger partial charge in [-0.2, -0.15) is 11.8 Å². The molecule has 1 aromatic heterocycles. The van der Waals surface area contributed by atoms with E-state index in [1.165, 1.54) is 35.4 Å². The zero-order valence-electron chi connectivity index (χ0n) is 11.0. The number of aromatic nitrogens is 1. The van der Waals surface area contributed by atoms with E-state index in [0.29, 0.717) is 0 Å². The lowest BCUT2D eigenvalue weighted by Crippen LogP contribution is -2.26. The molecule has 1 aliphatic carbocycles. The van der Waals surface area contributed by atoms with Gasteiger partial charge in [0.2, 0.25) is 0 Å². The molecule has 0 amide bonds. The van der Waals surface area contributed by atoms with Gasteiger partial charge in [0.1, 0.15) is 0 Å². The predicted octanol–water partition coefficient (Wildman–Crippen LogP) is 3.84. The highest BCUT2D eigenvalue weighted by Crippen LogP contribution is 2.30. The maximum atomic E-state index is 6.25. The Morgan fingerprint density at radius 3 is 2.89 bits per heavy atom. The van der Waals surface area contributed by atoms with Crippen LogP contribution in [0.25, 0.3) is 10.2 Å². The Kier molecular flexibility index (Phi) is 4.41. The van der Waals surface area contributed by atoms with Crippen molar-refractivity contribution in [2.24, 2.45) is 5.73 Å². The third-order valence-corrected chi connectivity index (χ3v) is 6.25. The topological polar surface area (TPSA) is 38.9 Å². The van der Waals surface area contributed by atoms with Gasteiger partial charge in [-0.25, -0.2) is 4.98 Å². The van der Waals surface area contributed by atoms with Gasteiger partial charge in [0.05, 0.1) is 15.2 Å². The lowest BCUT2D eigenvalue weighted by molar-refractivity contribution is 0.742. The number of hydrogen-bond donors (Lipinski definition) is 1. The molecule has 19 heavy (non-hydrogen) atoms. The standard InChI is InChI=1S/C15H20N2S2/c16-11(10-18-12-5-1-2-6-12)9-15-17-13-7-3-4-8-14(13)19-15/h3-4,7-8,11-12H,1-2,5-6,9-10,16H2. The van der Waals surface area contributed by atoms with Crippen molar-refractivity contribution in [1.29, 1.82) is 0 Å². The van der Waals surface area contributed by atoms with Crippen LogP contribution in [0.2, 0.25) is 0 Å². The van der Waals surface area contributed by atoms with Crippen LogP contribution in [-0.4, -0.2) is 22.0 Å². The summed E-state index contributed by atoms with van der Waals surface area (Å²) in [5, 5.41) is 2.04. The van der Waals surface area contributed by atoms with Crippen molar-refractivity contribution in [1.82, 2.24) is 4.98 Å². The molecule has 1 unspecified atom stereocenters. The van der Waals surface area contributed by atoms with E-state index in [0.717, 1.165) is 22.9 Å². The number of thioether (sulfide) groups is 1. The fraction of sp³-hybridized carbons (Fsp3) is 0.533. The molecule has 1 aromatic carbocycles. The Balaban J connectivity index is 1.54. The van der Waals surface area contributed by atoms with Crippen molar-refractivity contribution in [2.45, 2.75) is 43.4 Å². The van der Waals surface area contributed by atoms with Gasteiger partial charge in [-0.15, -0.1) is 11.3 Å². The van der Waals surface area contributed by atoms with E-state index in [2.05, 4.69) is 34.9 Å². The largest absolute Gasteiger partial charge is 0.327 e. The van der Waals surface area contributed by atoms with Crippen molar-refractivity contribution in [3.8, 4) is 0 Å². The maximum Gasteiger partial charge on any atom is 0.0954 e. The summed E-state index contributed by atoms with van der Waals surface area (Å²) in [6.45, 7) is 0. The molecule has 3 rings (SSSR count). The van der Waals surface area contributed by atoms with Crippen LogP contribution >= 0.6 is 23.1 Å². The fourth-order valence-electron chi connectivity index (χ4n) is 2.61. The number of nitrogens with zero attached hydrogens (tertiary/aromatic N) is 1. The first-order valence-electron chi connectivity index (χ1n) is 7.03. The monoisotopic (exact) mass is 292 g/mol. The van der Waals surface area contributed by atoms with Crippen LogP contribution in [0.3, 0.4) is 0 Å². The van der Waals surface area contributed by atoms with E-state index in [1.807, 2.05) is 6.07 Å². The second-order valence-electron chi connectivity index (χ2n) is 5.28. The minimum atomic E-state index is 0.242. The van der Waals surface area contributed by atoms with Gasteiger partial charge in [0.15, 0.2) is 0 Å². The smallest absolute Gasteiger partial charge is 0.0954 e. The minimum Gasteiger partial charge on any atom is -0.327 e. The van der Waals surface area contributed by atoms with Crippen molar-refractivity contribution >= 4 is 33.3 Å². The number of hydrogen-bond acceptors (Lipinski definition) is 4. The number of benzene rings is 1. The second-order valence-corrected chi connectivity index (χ2v) is 7.73. The zero-order chi connectivity index (χ0) is 13.1. The van der Waals surface area contributed by atoms with Crippen LogP contribution in [0.5, 0.6) is 0 Å². The van der Waals surface area contributed by atoms with Crippen LogP contribution in [-0.2, 0) is 6.42 Å². The van der Waals surface area contributed by atoms with Crippen LogP contribution in [0.1, 0.15) is 30.7 Å². The molecule has 0 radical (unpaired) electrons. The quantitative estimate of drug-likeness (QED) is 0.910. The number of rotatable bonds is 5. The molecule has 1 saturated carbocycles. The van der Waals surface area contributed by atoms with Gasteiger partial charge in [-0.3, -0.25) is 0 Å². The molecule has 0 saturated heterocycles. The molecular weight excluding hydrogens is 272 g/mol.